The lowest BCUT2D eigenvalue weighted by molar-refractivity contribution is -0.134. The van der Waals surface area contributed by atoms with Gasteiger partial charge in [0.05, 0.1) is 13.2 Å². The Kier molecular flexibility index (Phi) is 11.3. The second-order valence-electron chi connectivity index (χ2n) is 3.62. The predicted molar refractivity (Wildman–Crippen MR) is 64.3 cm³/mol. The maximum atomic E-state index is 11.3. The topological polar surface area (TPSA) is 82.8 Å². The van der Waals surface area contributed by atoms with Crippen LogP contribution in [-0.2, 0) is 19.0 Å². The fourth-order valence-electron chi connectivity index (χ4n) is 1.30. The SMILES string of the molecule is CCCC(OCCOCCCOC)C(=O)NN. The van der Waals surface area contributed by atoms with Gasteiger partial charge < -0.3 is 14.2 Å². The van der Waals surface area contributed by atoms with Crippen LogP contribution in [0.2, 0.25) is 0 Å². The van der Waals surface area contributed by atoms with Crippen LogP contribution < -0.4 is 11.3 Å². The number of hydrogen-bond donors (Lipinski definition) is 2. The van der Waals surface area contributed by atoms with Gasteiger partial charge in [-0.25, -0.2) is 5.84 Å². The van der Waals surface area contributed by atoms with Crippen molar-refractivity contribution >= 4 is 5.91 Å². The Morgan fingerprint density at radius 1 is 1.29 bits per heavy atom. The van der Waals surface area contributed by atoms with Gasteiger partial charge in [-0.15, -0.1) is 0 Å². The van der Waals surface area contributed by atoms with E-state index in [-0.39, 0.29) is 5.91 Å². The molecule has 0 aromatic heterocycles. The molecule has 6 nitrogen and oxygen atoms in total. The number of ether oxygens (including phenoxy) is 3. The van der Waals surface area contributed by atoms with Gasteiger partial charge >= 0.3 is 0 Å². The van der Waals surface area contributed by atoms with E-state index in [1.54, 1.807) is 7.11 Å². The molecule has 0 rings (SSSR count). The van der Waals surface area contributed by atoms with E-state index < -0.39 is 6.10 Å². The zero-order valence-corrected chi connectivity index (χ0v) is 10.7. The van der Waals surface area contributed by atoms with Gasteiger partial charge in [0.15, 0.2) is 0 Å². The molecule has 102 valence electrons. The minimum atomic E-state index is -0.479. The fourth-order valence-corrected chi connectivity index (χ4v) is 1.30. The van der Waals surface area contributed by atoms with E-state index >= 15 is 0 Å². The highest BCUT2D eigenvalue weighted by Gasteiger charge is 2.16. The van der Waals surface area contributed by atoms with Crippen LogP contribution in [-0.4, -0.2) is 45.5 Å². The molecule has 0 aliphatic carbocycles. The first-order chi connectivity index (χ1) is 8.26. The zero-order chi connectivity index (χ0) is 12.9. The molecule has 0 aliphatic heterocycles. The summed E-state index contributed by atoms with van der Waals surface area (Å²) in [5.74, 6) is 4.78. The highest BCUT2D eigenvalue weighted by Crippen LogP contribution is 2.02. The van der Waals surface area contributed by atoms with Crippen LogP contribution in [0.15, 0.2) is 0 Å². The highest BCUT2D eigenvalue weighted by atomic mass is 16.5. The minimum Gasteiger partial charge on any atom is -0.385 e. The van der Waals surface area contributed by atoms with Crippen LogP contribution in [0.1, 0.15) is 26.2 Å². The first-order valence-electron chi connectivity index (χ1n) is 5.95. The van der Waals surface area contributed by atoms with Crippen molar-refractivity contribution in [3.8, 4) is 0 Å². The molecule has 0 spiro atoms. The van der Waals surface area contributed by atoms with E-state index in [0.717, 1.165) is 12.8 Å². The van der Waals surface area contributed by atoms with Gasteiger partial charge in [-0.2, -0.15) is 0 Å². The molecule has 1 amide bonds. The summed E-state index contributed by atoms with van der Waals surface area (Å²) in [5, 5.41) is 0. The van der Waals surface area contributed by atoms with Gasteiger partial charge in [-0.3, -0.25) is 10.2 Å². The molecule has 1 atom stereocenters. The van der Waals surface area contributed by atoms with Gasteiger partial charge in [0.25, 0.3) is 5.91 Å². The van der Waals surface area contributed by atoms with Crippen LogP contribution in [0.4, 0.5) is 0 Å². The number of rotatable bonds is 11. The molecule has 0 radical (unpaired) electrons. The average Bonchev–Trinajstić information content (AvgIpc) is 2.35. The quantitative estimate of drug-likeness (QED) is 0.236. The number of hydrazine groups is 1. The van der Waals surface area contributed by atoms with Crippen molar-refractivity contribution in [1.82, 2.24) is 5.43 Å². The highest BCUT2D eigenvalue weighted by molar-refractivity contribution is 5.80. The third-order valence-corrected chi connectivity index (χ3v) is 2.17. The molecular formula is C11H24N2O4. The first kappa shape index (κ1) is 16.3. The normalized spacial score (nSPS) is 12.4. The van der Waals surface area contributed by atoms with Gasteiger partial charge in [0.1, 0.15) is 6.10 Å². The molecule has 0 aliphatic rings. The molecule has 6 heteroatoms. The second-order valence-corrected chi connectivity index (χ2v) is 3.62. The Labute approximate surface area is 103 Å². The third kappa shape index (κ3) is 9.05. The molecule has 0 fully saturated rings. The Morgan fingerprint density at radius 2 is 2.06 bits per heavy atom. The zero-order valence-electron chi connectivity index (χ0n) is 10.7. The molecule has 0 bridgehead atoms. The number of methoxy groups -OCH3 is 1. The molecular weight excluding hydrogens is 224 g/mol. The van der Waals surface area contributed by atoms with Crippen molar-refractivity contribution in [1.29, 1.82) is 0 Å². The molecule has 0 heterocycles. The van der Waals surface area contributed by atoms with Gasteiger partial charge in [0.2, 0.25) is 0 Å². The summed E-state index contributed by atoms with van der Waals surface area (Å²) in [4.78, 5) is 11.3. The molecule has 0 saturated heterocycles. The Bertz CT molecular complexity index is 190. The van der Waals surface area contributed by atoms with E-state index in [1.807, 2.05) is 6.92 Å². The van der Waals surface area contributed by atoms with Crippen molar-refractivity contribution in [2.45, 2.75) is 32.3 Å². The molecule has 0 saturated carbocycles. The van der Waals surface area contributed by atoms with Crippen molar-refractivity contribution in [3.05, 3.63) is 0 Å². The van der Waals surface area contributed by atoms with Crippen molar-refractivity contribution in [2.24, 2.45) is 5.84 Å². The van der Waals surface area contributed by atoms with E-state index in [2.05, 4.69) is 5.43 Å². The monoisotopic (exact) mass is 248 g/mol. The van der Waals surface area contributed by atoms with E-state index in [4.69, 9.17) is 20.1 Å². The second kappa shape index (κ2) is 11.8. The lowest BCUT2D eigenvalue weighted by Crippen LogP contribution is -2.40. The van der Waals surface area contributed by atoms with Gasteiger partial charge in [-0.05, 0) is 12.8 Å². The molecule has 0 aromatic carbocycles. The average molecular weight is 248 g/mol. The van der Waals surface area contributed by atoms with Crippen LogP contribution in [0, 0.1) is 0 Å². The standard InChI is InChI=1S/C11H24N2O4/c1-3-5-10(11(14)13-12)17-9-8-16-7-4-6-15-2/h10H,3-9,12H2,1-2H3,(H,13,14). The van der Waals surface area contributed by atoms with Gasteiger partial charge in [-0.1, -0.05) is 13.3 Å². The Balaban J connectivity index is 3.51. The lowest BCUT2D eigenvalue weighted by Gasteiger charge is -2.15. The van der Waals surface area contributed by atoms with E-state index in [0.29, 0.717) is 32.8 Å². The lowest BCUT2D eigenvalue weighted by atomic mass is 10.2. The summed E-state index contributed by atoms with van der Waals surface area (Å²) in [6, 6.07) is 0. The van der Waals surface area contributed by atoms with Gasteiger partial charge in [0, 0.05) is 20.3 Å². The van der Waals surface area contributed by atoms with Crippen LogP contribution in [0.25, 0.3) is 0 Å². The fraction of sp³-hybridized carbons (Fsp3) is 0.909. The number of nitrogens with two attached hydrogens (primary N) is 1. The maximum Gasteiger partial charge on any atom is 0.262 e. The summed E-state index contributed by atoms with van der Waals surface area (Å²) >= 11 is 0. The number of nitrogens with one attached hydrogen (secondary N) is 1. The van der Waals surface area contributed by atoms with Crippen molar-refractivity contribution in [2.75, 3.05) is 33.5 Å². The third-order valence-electron chi connectivity index (χ3n) is 2.17. The van der Waals surface area contributed by atoms with Crippen molar-refractivity contribution < 1.29 is 19.0 Å². The Morgan fingerprint density at radius 3 is 2.65 bits per heavy atom. The summed E-state index contributed by atoms with van der Waals surface area (Å²) in [7, 11) is 1.66. The molecule has 1 unspecified atom stereocenters. The summed E-state index contributed by atoms with van der Waals surface area (Å²) < 4.78 is 15.6. The Hall–Kier alpha value is -0.690. The number of amides is 1. The van der Waals surface area contributed by atoms with Crippen LogP contribution in [0.5, 0.6) is 0 Å². The van der Waals surface area contributed by atoms with Crippen molar-refractivity contribution in [3.63, 3.8) is 0 Å². The molecule has 3 N–H and O–H groups in total. The number of carbonyl (C=O) groups excluding carboxylic acids is 1. The smallest absolute Gasteiger partial charge is 0.262 e. The van der Waals surface area contributed by atoms with E-state index in [9.17, 15) is 4.79 Å². The maximum absolute atomic E-state index is 11.3. The van der Waals surface area contributed by atoms with E-state index in [1.165, 1.54) is 0 Å². The minimum absolute atomic E-state index is 0.286. The molecule has 17 heavy (non-hydrogen) atoms. The summed E-state index contributed by atoms with van der Waals surface area (Å²) in [6.07, 6.45) is 1.91. The predicted octanol–water partition coefficient (Wildman–Crippen LogP) is 0.215. The summed E-state index contributed by atoms with van der Waals surface area (Å²) in [6.45, 7) is 4.18. The first-order valence-corrected chi connectivity index (χ1v) is 5.95. The molecule has 0 aromatic rings. The number of carbonyl (C=O) groups is 1. The largest absolute Gasteiger partial charge is 0.385 e. The number of hydrogen-bond acceptors (Lipinski definition) is 5. The van der Waals surface area contributed by atoms with Crippen LogP contribution >= 0.6 is 0 Å². The summed E-state index contributed by atoms with van der Waals surface area (Å²) in [5.41, 5.74) is 2.10. The van der Waals surface area contributed by atoms with Crippen LogP contribution in [0.3, 0.4) is 0 Å².